The highest BCUT2D eigenvalue weighted by atomic mass is 16.5. The quantitative estimate of drug-likeness (QED) is 0.775. The van der Waals surface area contributed by atoms with Crippen LogP contribution in [-0.2, 0) is 4.74 Å². The van der Waals surface area contributed by atoms with E-state index >= 15 is 0 Å². The minimum absolute atomic E-state index is 0.208. The van der Waals surface area contributed by atoms with Gasteiger partial charge in [-0.15, -0.1) is 0 Å². The normalized spacial score (nSPS) is 31.2. The van der Waals surface area contributed by atoms with Gasteiger partial charge in [-0.3, -0.25) is 0 Å². The van der Waals surface area contributed by atoms with Crippen LogP contribution in [0.4, 0.5) is 0 Å². The summed E-state index contributed by atoms with van der Waals surface area (Å²) in [6.45, 7) is 2.00. The number of aromatic nitrogens is 2. The summed E-state index contributed by atoms with van der Waals surface area (Å²) in [5.41, 5.74) is 1.22. The lowest BCUT2D eigenvalue weighted by Gasteiger charge is -2.08. The number of hydrogen-bond acceptors (Lipinski definition) is 3. The first-order valence-corrected chi connectivity index (χ1v) is 5.83. The third-order valence-corrected chi connectivity index (χ3v) is 3.29. The van der Waals surface area contributed by atoms with E-state index < -0.39 is 0 Å². The van der Waals surface area contributed by atoms with Crippen LogP contribution in [0.1, 0.15) is 49.3 Å². The van der Waals surface area contributed by atoms with Gasteiger partial charge in [-0.2, -0.15) is 0 Å². The molecule has 4 heteroatoms. The molecule has 0 saturated carbocycles. The molecule has 15 heavy (non-hydrogen) atoms. The molecule has 0 radical (unpaired) electrons. The van der Waals surface area contributed by atoms with Crippen LogP contribution >= 0.6 is 0 Å². The highest BCUT2D eigenvalue weighted by Gasteiger charge is 2.23. The maximum absolute atomic E-state index is 5.60. The maximum atomic E-state index is 5.60. The molecule has 2 N–H and O–H groups in total. The molecule has 2 saturated heterocycles. The number of rotatable bonds is 2. The highest BCUT2D eigenvalue weighted by molar-refractivity contribution is 5.10. The van der Waals surface area contributed by atoms with E-state index in [-0.39, 0.29) is 6.10 Å². The number of nitrogens with one attached hydrogen (secondary N) is 2. The van der Waals surface area contributed by atoms with Crippen LogP contribution in [0.3, 0.4) is 0 Å². The van der Waals surface area contributed by atoms with E-state index in [4.69, 9.17) is 4.74 Å². The number of H-pyrrole nitrogens is 1. The van der Waals surface area contributed by atoms with E-state index in [1.54, 1.807) is 0 Å². The second-order valence-corrected chi connectivity index (χ2v) is 4.37. The largest absolute Gasteiger partial charge is 0.370 e. The first kappa shape index (κ1) is 9.36. The minimum atomic E-state index is 0.208. The summed E-state index contributed by atoms with van der Waals surface area (Å²) in [5, 5.41) is 3.46. The number of hydrogen-bond donors (Lipinski definition) is 2. The topological polar surface area (TPSA) is 49.9 Å². The van der Waals surface area contributed by atoms with Gasteiger partial charge in [-0.05, 0) is 32.2 Å². The maximum Gasteiger partial charge on any atom is 0.135 e. The Morgan fingerprint density at radius 2 is 2.33 bits per heavy atom. The average molecular weight is 207 g/mol. The van der Waals surface area contributed by atoms with Crippen LogP contribution < -0.4 is 5.32 Å². The molecule has 0 aromatic carbocycles. The molecule has 0 spiro atoms. The van der Waals surface area contributed by atoms with Gasteiger partial charge in [0.05, 0.1) is 5.69 Å². The number of aromatic amines is 1. The Labute approximate surface area is 89.4 Å². The molecule has 2 aliphatic heterocycles. The predicted molar refractivity (Wildman–Crippen MR) is 56.5 cm³/mol. The Bertz CT molecular complexity index is 294. The van der Waals surface area contributed by atoms with E-state index in [1.165, 1.54) is 18.5 Å². The molecule has 3 rings (SSSR count). The van der Waals surface area contributed by atoms with Crippen molar-refractivity contribution in [3.05, 3.63) is 17.7 Å². The lowest BCUT2D eigenvalue weighted by molar-refractivity contribution is 0.105. The molecule has 2 fully saturated rings. The predicted octanol–water partition coefficient (Wildman–Crippen LogP) is 1.69. The summed E-state index contributed by atoms with van der Waals surface area (Å²) in [5.74, 6) is 1.01. The van der Waals surface area contributed by atoms with Gasteiger partial charge in [0.15, 0.2) is 0 Å². The summed E-state index contributed by atoms with van der Waals surface area (Å²) >= 11 is 0. The first-order valence-electron chi connectivity index (χ1n) is 5.83. The van der Waals surface area contributed by atoms with Gasteiger partial charge in [-0.25, -0.2) is 4.98 Å². The van der Waals surface area contributed by atoms with Gasteiger partial charge in [0, 0.05) is 18.8 Å². The number of nitrogens with zero attached hydrogens (tertiary/aromatic N) is 1. The minimum Gasteiger partial charge on any atom is -0.370 e. The molecule has 1 aromatic heterocycles. The fraction of sp³-hybridized carbons (Fsp3) is 0.727. The summed E-state index contributed by atoms with van der Waals surface area (Å²) < 4.78 is 5.60. The van der Waals surface area contributed by atoms with Crippen molar-refractivity contribution in [2.75, 3.05) is 13.2 Å². The summed E-state index contributed by atoms with van der Waals surface area (Å²) in [6, 6.07) is 0.479. The Kier molecular flexibility index (Phi) is 2.46. The van der Waals surface area contributed by atoms with Crippen LogP contribution in [0.5, 0.6) is 0 Å². The molecule has 1 aromatic rings. The van der Waals surface area contributed by atoms with Crippen LogP contribution in [0, 0.1) is 0 Å². The lowest BCUT2D eigenvalue weighted by atomic mass is 10.2. The van der Waals surface area contributed by atoms with Gasteiger partial charge in [0.2, 0.25) is 0 Å². The van der Waals surface area contributed by atoms with Gasteiger partial charge in [0.1, 0.15) is 11.9 Å². The second kappa shape index (κ2) is 3.94. The summed E-state index contributed by atoms with van der Waals surface area (Å²) in [4.78, 5) is 7.82. The van der Waals surface area contributed by atoms with Crippen molar-refractivity contribution in [1.29, 1.82) is 0 Å². The van der Waals surface area contributed by atoms with Crippen molar-refractivity contribution in [1.82, 2.24) is 15.3 Å². The van der Waals surface area contributed by atoms with E-state index in [9.17, 15) is 0 Å². The first-order chi connectivity index (χ1) is 7.43. The monoisotopic (exact) mass is 207 g/mol. The molecule has 4 nitrogen and oxygen atoms in total. The zero-order valence-electron chi connectivity index (χ0n) is 8.83. The molecule has 2 atom stereocenters. The molecule has 2 unspecified atom stereocenters. The molecular weight excluding hydrogens is 190 g/mol. The Morgan fingerprint density at radius 1 is 1.33 bits per heavy atom. The van der Waals surface area contributed by atoms with Gasteiger partial charge < -0.3 is 15.0 Å². The molecule has 2 aliphatic rings. The molecular formula is C11H17N3O. The van der Waals surface area contributed by atoms with Crippen molar-refractivity contribution in [3.63, 3.8) is 0 Å². The lowest BCUT2D eigenvalue weighted by Crippen LogP contribution is -2.13. The highest BCUT2D eigenvalue weighted by Crippen LogP contribution is 2.28. The summed E-state index contributed by atoms with van der Waals surface area (Å²) in [6.07, 6.45) is 6.90. The van der Waals surface area contributed by atoms with Crippen LogP contribution in [-0.4, -0.2) is 23.1 Å². The molecule has 82 valence electrons. The standard InChI is InChI=1S/C11H17N3O/c1-3-8(12-5-1)9-7-13-11(14-9)10-4-2-6-15-10/h7-8,10,12H,1-6H2,(H,13,14). The molecule has 0 bridgehead atoms. The van der Waals surface area contributed by atoms with Crippen LogP contribution in [0.2, 0.25) is 0 Å². The Hall–Kier alpha value is -0.870. The average Bonchev–Trinajstić information content (AvgIpc) is 3.02. The van der Waals surface area contributed by atoms with Gasteiger partial charge >= 0.3 is 0 Å². The van der Waals surface area contributed by atoms with Crippen molar-refractivity contribution in [3.8, 4) is 0 Å². The third-order valence-electron chi connectivity index (χ3n) is 3.29. The van der Waals surface area contributed by atoms with Crippen LogP contribution in [0.25, 0.3) is 0 Å². The fourth-order valence-electron chi connectivity index (χ4n) is 2.44. The Morgan fingerprint density at radius 3 is 3.07 bits per heavy atom. The summed E-state index contributed by atoms with van der Waals surface area (Å²) in [7, 11) is 0. The van der Waals surface area contributed by atoms with E-state index in [2.05, 4.69) is 15.3 Å². The van der Waals surface area contributed by atoms with Crippen molar-refractivity contribution >= 4 is 0 Å². The van der Waals surface area contributed by atoms with E-state index in [0.717, 1.165) is 31.8 Å². The smallest absolute Gasteiger partial charge is 0.135 e. The zero-order chi connectivity index (χ0) is 10.1. The van der Waals surface area contributed by atoms with E-state index in [1.807, 2.05) is 6.20 Å². The molecule has 0 amide bonds. The van der Waals surface area contributed by atoms with Crippen molar-refractivity contribution in [2.45, 2.75) is 37.8 Å². The van der Waals surface area contributed by atoms with Gasteiger partial charge in [0.25, 0.3) is 0 Å². The molecule has 0 aliphatic carbocycles. The third kappa shape index (κ3) is 1.79. The van der Waals surface area contributed by atoms with Crippen molar-refractivity contribution in [2.24, 2.45) is 0 Å². The SMILES string of the molecule is c1nc(C2CCCO2)[nH]c1C1CCCN1. The molecule has 3 heterocycles. The van der Waals surface area contributed by atoms with Crippen molar-refractivity contribution < 1.29 is 4.74 Å². The zero-order valence-corrected chi connectivity index (χ0v) is 8.83. The van der Waals surface area contributed by atoms with Gasteiger partial charge in [-0.1, -0.05) is 0 Å². The number of ether oxygens (including phenoxy) is 1. The fourth-order valence-corrected chi connectivity index (χ4v) is 2.44. The Balaban J connectivity index is 1.74. The van der Waals surface area contributed by atoms with E-state index in [0.29, 0.717) is 6.04 Å². The second-order valence-electron chi connectivity index (χ2n) is 4.37. The van der Waals surface area contributed by atoms with Crippen LogP contribution in [0.15, 0.2) is 6.20 Å². The number of imidazole rings is 1.